The zero-order valence-corrected chi connectivity index (χ0v) is 19.1. The van der Waals surface area contributed by atoms with Crippen molar-refractivity contribution in [2.45, 2.75) is 92.6 Å². The Kier molecular flexibility index (Phi) is 6.70. The van der Waals surface area contributed by atoms with Crippen molar-refractivity contribution in [2.24, 2.45) is 11.7 Å². The molecule has 0 heterocycles. The second kappa shape index (κ2) is 8.59. The third kappa shape index (κ3) is 5.11. The van der Waals surface area contributed by atoms with Crippen molar-refractivity contribution in [1.29, 1.82) is 0 Å². The number of halogens is 4. The Morgan fingerprint density at radius 1 is 1.12 bits per heavy atom. The van der Waals surface area contributed by atoms with E-state index >= 15 is 0 Å². The molecule has 180 valence electrons. The molecule has 2 aliphatic carbocycles. The third-order valence-corrected chi connectivity index (χ3v) is 9.62. The molecular formula is C22H30F4N2O3S. The Bertz CT molecular complexity index is 964. The smallest absolute Gasteiger partial charge is 0.353 e. The molecule has 2 fully saturated rings. The zero-order valence-electron chi connectivity index (χ0n) is 18.3. The number of nitrogens with one attached hydrogen (secondary N) is 1. The maximum absolute atomic E-state index is 13.8. The maximum atomic E-state index is 13.8. The Morgan fingerprint density at radius 3 is 2.28 bits per heavy atom. The largest absolute Gasteiger partial charge is 0.416 e. The summed E-state index contributed by atoms with van der Waals surface area (Å²) in [7, 11) is -4.26. The van der Waals surface area contributed by atoms with E-state index in [-0.39, 0.29) is 24.4 Å². The standard InChI is InChI=1S/C22H30F4N2O3S/c1-20(2,32(30,31)18-11-15(22(24,25)26)8-16(23)12-18)14-9-17(10-14)28-19(29)13-21(27)6-4-3-5-7-21/h8,11-12,14,17H,3-7,9-10,13,27H2,1-2H3,(H,28,29). The monoisotopic (exact) mass is 478 g/mol. The molecule has 1 aromatic rings. The van der Waals surface area contributed by atoms with Gasteiger partial charge in [0.05, 0.1) is 15.2 Å². The number of amides is 1. The molecule has 10 heteroatoms. The molecule has 0 spiro atoms. The maximum Gasteiger partial charge on any atom is 0.416 e. The van der Waals surface area contributed by atoms with Gasteiger partial charge in [-0.15, -0.1) is 0 Å². The molecule has 1 aromatic carbocycles. The summed E-state index contributed by atoms with van der Waals surface area (Å²) in [4.78, 5) is 11.7. The number of hydrogen-bond acceptors (Lipinski definition) is 4. The van der Waals surface area contributed by atoms with Gasteiger partial charge in [0.15, 0.2) is 9.84 Å². The predicted octanol–water partition coefficient (Wildman–Crippen LogP) is 4.34. The summed E-state index contributed by atoms with van der Waals surface area (Å²) in [5, 5.41) is 2.90. The van der Waals surface area contributed by atoms with Crippen molar-refractivity contribution in [3.8, 4) is 0 Å². The first kappa shape index (κ1) is 25.0. The summed E-state index contributed by atoms with van der Waals surface area (Å²) in [5.41, 5.74) is 4.48. The van der Waals surface area contributed by atoms with Crippen molar-refractivity contribution >= 4 is 15.7 Å². The Labute approximate surface area is 186 Å². The highest BCUT2D eigenvalue weighted by Crippen LogP contribution is 2.44. The van der Waals surface area contributed by atoms with Gasteiger partial charge in [0.1, 0.15) is 5.82 Å². The lowest BCUT2D eigenvalue weighted by Crippen LogP contribution is -2.55. The van der Waals surface area contributed by atoms with Gasteiger partial charge in [-0.2, -0.15) is 13.2 Å². The molecular weight excluding hydrogens is 448 g/mol. The van der Waals surface area contributed by atoms with Crippen LogP contribution in [0.2, 0.25) is 0 Å². The molecule has 0 radical (unpaired) electrons. The lowest BCUT2D eigenvalue weighted by Gasteiger charge is -2.45. The van der Waals surface area contributed by atoms with Gasteiger partial charge in [-0.1, -0.05) is 19.3 Å². The third-order valence-electron chi connectivity index (χ3n) is 7.05. The number of rotatable bonds is 6. The van der Waals surface area contributed by atoms with Gasteiger partial charge >= 0.3 is 6.18 Å². The minimum Gasteiger partial charge on any atom is -0.353 e. The van der Waals surface area contributed by atoms with E-state index in [4.69, 9.17) is 5.73 Å². The van der Waals surface area contributed by atoms with Gasteiger partial charge in [-0.05, 0) is 63.6 Å². The van der Waals surface area contributed by atoms with E-state index < -0.39 is 48.5 Å². The Hall–Kier alpha value is -1.68. The highest BCUT2D eigenvalue weighted by atomic mass is 32.2. The predicted molar refractivity (Wildman–Crippen MR) is 112 cm³/mol. The van der Waals surface area contributed by atoms with Crippen LogP contribution in [0.4, 0.5) is 17.6 Å². The number of nitrogens with two attached hydrogens (primary N) is 1. The molecule has 0 atom stereocenters. The van der Waals surface area contributed by atoms with Gasteiger partial charge in [0, 0.05) is 18.0 Å². The molecule has 0 saturated heterocycles. The van der Waals surface area contributed by atoms with Crippen molar-refractivity contribution in [1.82, 2.24) is 5.32 Å². The molecule has 1 amide bonds. The quantitative estimate of drug-likeness (QED) is 0.595. The van der Waals surface area contributed by atoms with E-state index in [0.717, 1.165) is 32.1 Å². The number of carbonyl (C=O) groups is 1. The van der Waals surface area contributed by atoms with E-state index in [1.54, 1.807) is 0 Å². The number of sulfone groups is 1. The average molecular weight is 479 g/mol. The topological polar surface area (TPSA) is 89.3 Å². The highest BCUT2D eigenvalue weighted by Gasteiger charge is 2.49. The molecule has 0 unspecified atom stereocenters. The van der Waals surface area contributed by atoms with Gasteiger partial charge in [-0.3, -0.25) is 4.79 Å². The van der Waals surface area contributed by atoms with Crippen LogP contribution in [-0.4, -0.2) is 30.7 Å². The number of carbonyl (C=O) groups excluding carboxylic acids is 1. The van der Waals surface area contributed by atoms with Crippen LogP contribution in [-0.2, 0) is 20.8 Å². The first-order valence-electron chi connectivity index (χ1n) is 10.8. The zero-order chi connectivity index (χ0) is 23.9. The van der Waals surface area contributed by atoms with Crippen LogP contribution in [0.25, 0.3) is 0 Å². The second-order valence-electron chi connectivity index (χ2n) is 9.81. The van der Waals surface area contributed by atoms with Crippen molar-refractivity contribution in [3.05, 3.63) is 29.6 Å². The normalized spacial score (nSPS) is 24.0. The average Bonchev–Trinajstić information content (AvgIpc) is 2.63. The lowest BCUT2D eigenvalue weighted by molar-refractivity contribution is -0.138. The van der Waals surface area contributed by atoms with Crippen LogP contribution in [0, 0.1) is 11.7 Å². The summed E-state index contributed by atoms with van der Waals surface area (Å²) in [5.74, 6) is -1.82. The molecule has 3 rings (SSSR count). The van der Waals surface area contributed by atoms with Crippen molar-refractivity contribution in [3.63, 3.8) is 0 Å². The fourth-order valence-corrected chi connectivity index (χ4v) is 6.53. The summed E-state index contributed by atoms with van der Waals surface area (Å²) in [6.45, 7) is 2.86. The van der Waals surface area contributed by atoms with Crippen LogP contribution in [0.5, 0.6) is 0 Å². The lowest BCUT2D eigenvalue weighted by atomic mass is 9.73. The first-order chi connectivity index (χ1) is 14.6. The van der Waals surface area contributed by atoms with Crippen LogP contribution in [0.3, 0.4) is 0 Å². The summed E-state index contributed by atoms with van der Waals surface area (Å²) in [6, 6.07) is 1.16. The number of benzene rings is 1. The summed E-state index contributed by atoms with van der Waals surface area (Å²) < 4.78 is 77.7. The van der Waals surface area contributed by atoms with Crippen molar-refractivity contribution in [2.75, 3.05) is 0 Å². The molecule has 2 aliphatic rings. The van der Waals surface area contributed by atoms with E-state index in [2.05, 4.69) is 5.32 Å². The second-order valence-corrected chi connectivity index (χ2v) is 12.3. The molecule has 32 heavy (non-hydrogen) atoms. The molecule has 0 aromatic heterocycles. The number of alkyl halides is 3. The van der Waals surface area contributed by atoms with Crippen LogP contribution < -0.4 is 11.1 Å². The first-order valence-corrected chi connectivity index (χ1v) is 12.3. The molecule has 0 bridgehead atoms. The molecule has 5 nitrogen and oxygen atoms in total. The van der Waals surface area contributed by atoms with Gasteiger partial charge in [0.2, 0.25) is 5.91 Å². The van der Waals surface area contributed by atoms with Crippen LogP contribution in [0.1, 0.15) is 70.8 Å². The molecule has 0 aliphatic heterocycles. The van der Waals surface area contributed by atoms with Crippen LogP contribution in [0.15, 0.2) is 23.1 Å². The number of hydrogen-bond donors (Lipinski definition) is 2. The van der Waals surface area contributed by atoms with Gasteiger partial charge < -0.3 is 11.1 Å². The SMILES string of the molecule is CC(C)(C1CC(NC(=O)CC2(N)CCCCC2)C1)S(=O)(=O)c1cc(F)cc(C(F)(F)F)c1. The molecule has 3 N–H and O–H groups in total. The van der Waals surface area contributed by atoms with Crippen molar-refractivity contribution < 1.29 is 30.8 Å². The summed E-state index contributed by atoms with van der Waals surface area (Å²) in [6.07, 6.45) is 0.812. The van der Waals surface area contributed by atoms with Crippen LogP contribution >= 0.6 is 0 Å². The highest BCUT2D eigenvalue weighted by molar-refractivity contribution is 7.92. The van der Waals surface area contributed by atoms with E-state index in [9.17, 15) is 30.8 Å². The fourth-order valence-electron chi connectivity index (χ4n) is 4.74. The molecule has 2 saturated carbocycles. The minimum absolute atomic E-state index is 0.168. The van der Waals surface area contributed by atoms with E-state index in [1.165, 1.54) is 13.8 Å². The fraction of sp³-hybridized carbons (Fsp3) is 0.682. The van der Waals surface area contributed by atoms with E-state index in [1.807, 2.05) is 0 Å². The van der Waals surface area contributed by atoms with Gasteiger partial charge in [0.25, 0.3) is 0 Å². The van der Waals surface area contributed by atoms with Gasteiger partial charge in [-0.25, -0.2) is 12.8 Å². The Balaban J connectivity index is 1.65. The Morgan fingerprint density at radius 2 is 1.72 bits per heavy atom. The minimum atomic E-state index is -4.86. The summed E-state index contributed by atoms with van der Waals surface area (Å²) >= 11 is 0. The van der Waals surface area contributed by atoms with E-state index in [0.29, 0.717) is 25.0 Å².